The Bertz CT molecular complexity index is 568. The fourth-order valence-electron chi connectivity index (χ4n) is 2.07. The molecule has 0 saturated carbocycles. The Labute approximate surface area is 107 Å². The molecule has 0 amide bonds. The van der Waals surface area contributed by atoms with Gasteiger partial charge in [0, 0.05) is 5.56 Å². The number of carbonyl (C=O) groups excluding carboxylic acids is 1. The molecule has 0 N–H and O–H groups in total. The lowest BCUT2D eigenvalue weighted by Gasteiger charge is -2.12. The monoisotopic (exact) mass is 240 g/mol. The zero-order chi connectivity index (χ0) is 13.1. The molecule has 0 unspecified atom stereocenters. The first-order valence-electron chi connectivity index (χ1n) is 5.87. The molecule has 0 spiro atoms. The summed E-state index contributed by atoms with van der Waals surface area (Å²) >= 11 is 0. The summed E-state index contributed by atoms with van der Waals surface area (Å²) in [7, 11) is 1.68. The van der Waals surface area contributed by atoms with Gasteiger partial charge in [-0.2, -0.15) is 0 Å². The van der Waals surface area contributed by atoms with Gasteiger partial charge in [0.25, 0.3) is 0 Å². The van der Waals surface area contributed by atoms with Gasteiger partial charge >= 0.3 is 0 Å². The van der Waals surface area contributed by atoms with Crippen LogP contribution in [-0.4, -0.2) is 13.4 Å². The molecule has 0 aliphatic rings. The maximum absolute atomic E-state index is 10.6. The summed E-state index contributed by atoms with van der Waals surface area (Å²) in [5, 5.41) is 0. The Hall–Kier alpha value is -2.09. The second-order valence-electron chi connectivity index (χ2n) is 4.31. The van der Waals surface area contributed by atoms with Gasteiger partial charge in [0.15, 0.2) is 0 Å². The van der Waals surface area contributed by atoms with E-state index < -0.39 is 0 Å². The Morgan fingerprint density at radius 1 is 0.944 bits per heavy atom. The first kappa shape index (κ1) is 12.4. The van der Waals surface area contributed by atoms with E-state index in [0.717, 1.165) is 23.2 Å². The molecule has 92 valence electrons. The van der Waals surface area contributed by atoms with Crippen molar-refractivity contribution in [1.29, 1.82) is 0 Å². The van der Waals surface area contributed by atoms with Gasteiger partial charge in [0.05, 0.1) is 7.11 Å². The summed E-state index contributed by atoms with van der Waals surface area (Å²) in [6, 6.07) is 11.6. The average Bonchev–Trinajstić information content (AvgIpc) is 2.42. The summed E-state index contributed by atoms with van der Waals surface area (Å²) in [5.41, 5.74) is 5.33. The van der Waals surface area contributed by atoms with Crippen LogP contribution in [0.25, 0.3) is 11.1 Å². The molecule has 0 bridgehead atoms. The second kappa shape index (κ2) is 5.05. The normalized spacial score (nSPS) is 10.2. The Balaban J connectivity index is 2.50. The Kier molecular flexibility index (Phi) is 3.47. The highest BCUT2D eigenvalue weighted by Gasteiger charge is 2.08. The van der Waals surface area contributed by atoms with Crippen molar-refractivity contribution in [3.05, 3.63) is 53.1 Å². The summed E-state index contributed by atoms with van der Waals surface area (Å²) in [6.07, 6.45) is 0.857. The van der Waals surface area contributed by atoms with E-state index in [1.807, 2.05) is 30.3 Å². The van der Waals surface area contributed by atoms with Crippen molar-refractivity contribution < 1.29 is 9.53 Å². The summed E-state index contributed by atoms with van der Waals surface area (Å²) in [4.78, 5) is 10.6. The highest BCUT2D eigenvalue weighted by molar-refractivity contribution is 5.78. The van der Waals surface area contributed by atoms with Crippen LogP contribution in [0.5, 0.6) is 5.75 Å². The second-order valence-corrected chi connectivity index (χ2v) is 4.31. The van der Waals surface area contributed by atoms with Crippen LogP contribution in [0.15, 0.2) is 36.4 Å². The van der Waals surface area contributed by atoms with Crippen LogP contribution in [0, 0.1) is 13.8 Å². The maximum atomic E-state index is 10.6. The number of hydrogen-bond acceptors (Lipinski definition) is 2. The molecule has 0 heterocycles. The van der Waals surface area contributed by atoms with Gasteiger partial charge in [-0.1, -0.05) is 30.3 Å². The molecule has 0 fully saturated rings. The van der Waals surface area contributed by atoms with Gasteiger partial charge < -0.3 is 4.74 Å². The van der Waals surface area contributed by atoms with Crippen molar-refractivity contribution in [3.8, 4) is 16.9 Å². The van der Waals surface area contributed by atoms with Gasteiger partial charge in [0.2, 0.25) is 0 Å². The van der Waals surface area contributed by atoms with Crippen LogP contribution in [0.3, 0.4) is 0 Å². The van der Waals surface area contributed by atoms with Crippen molar-refractivity contribution in [1.82, 2.24) is 0 Å². The third-order valence-corrected chi connectivity index (χ3v) is 3.32. The Morgan fingerprint density at radius 3 is 2.17 bits per heavy atom. The van der Waals surface area contributed by atoms with Crippen LogP contribution in [0.2, 0.25) is 0 Å². The lowest BCUT2D eigenvalue weighted by Crippen LogP contribution is -1.93. The fraction of sp³-hybridized carbons (Fsp3) is 0.188. The maximum Gasteiger partial charge on any atom is 0.150 e. The topological polar surface area (TPSA) is 26.3 Å². The van der Waals surface area contributed by atoms with Gasteiger partial charge in [-0.25, -0.2) is 0 Å². The van der Waals surface area contributed by atoms with E-state index in [2.05, 4.69) is 19.9 Å². The lowest BCUT2D eigenvalue weighted by atomic mass is 9.96. The van der Waals surface area contributed by atoms with E-state index in [4.69, 9.17) is 4.74 Å². The minimum Gasteiger partial charge on any atom is -0.496 e. The number of ether oxygens (including phenoxy) is 1. The van der Waals surface area contributed by atoms with Crippen LogP contribution in [0.1, 0.15) is 21.5 Å². The minimum absolute atomic E-state index is 0.696. The third kappa shape index (κ3) is 2.14. The molecule has 18 heavy (non-hydrogen) atoms. The largest absolute Gasteiger partial charge is 0.496 e. The number of hydrogen-bond donors (Lipinski definition) is 0. The molecule has 0 aliphatic heterocycles. The smallest absolute Gasteiger partial charge is 0.150 e. The van der Waals surface area contributed by atoms with Crippen LogP contribution in [-0.2, 0) is 0 Å². The van der Waals surface area contributed by atoms with Gasteiger partial charge in [-0.3, -0.25) is 4.79 Å². The molecule has 2 nitrogen and oxygen atoms in total. The summed E-state index contributed by atoms with van der Waals surface area (Å²) in [6.45, 7) is 4.14. The molecule has 0 radical (unpaired) electrons. The molecule has 0 saturated heterocycles. The lowest BCUT2D eigenvalue weighted by molar-refractivity contribution is 0.112. The molecule has 2 aromatic rings. The molecule has 2 heteroatoms. The van der Waals surface area contributed by atoms with E-state index in [9.17, 15) is 4.79 Å². The van der Waals surface area contributed by atoms with Crippen molar-refractivity contribution in [2.75, 3.05) is 7.11 Å². The first-order valence-corrected chi connectivity index (χ1v) is 5.87. The molecule has 0 atom stereocenters. The summed E-state index contributed by atoms with van der Waals surface area (Å²) in [5.74, 6) is 0.903. The van der Waals surface area contributed by atoms with Crippen molar-refractivity contribution >= 4 is 6.29 Å². The zero-order valence-corrected chi connectivity index (χ0v) is 10.9. The van der Waals surface area contributed by atoms with Crippen LogP contribution in [0.4, 0.5) is 0 Å². The standard InChI is InChI=1S/C16H16O2/c1-11-12(2)16(18-3)9-8-15(11)14-6-4-13(10-17)5-7-14/h4-10H,1-3H3. The number of carbonyl (C=O) groups is 1. The SMILES string of the molecule is COc1ccc(-c2ccc(C=O)cc2)c(C)c1C. The average molecular weight is 240 g/mol. The van der Waals surface area contributed by atoms with Gasteiger partial charge in [-0.15, -0.1) is 0 Å². The van der Waals surface area contributed by atoms with Gasteiger partial charge in [0.1, 0.15) is 12.0 Å². The van der Waals surface area contributed by atoms with Crippen LogP contribution >= 0.6 is 0 Å². The molecule has 0 aromatic heterocycles. The number of benzene rings is 2. The number of aldehydes is 1. The molecule has 2 aromatic carbocycles. The van der Waals surface area contributed by atoms with Crippen molar-refractivity contribution in [3.63, 3.8) is 0 Å². The van der Waals surface area contributed by atoms with Gasteiger partial charge in [-0.05, 0) is 42.2 Å². The minimum atomic E-state index is 0.696. The van der Waals surface area contributed by atoms with Crippen LogP contribution < -0.4 is 4.74 Å². The van der Waals surface area contributed by atoms with E-state index in [1.54, 1.807) is 7.11 Å². The fourth-order valence-corrected chi connectivity index (χ4v) is 2.07. The predicted octanol–water partition coefficient (Wildman–Crippen LogP) is 3.79. The van der Waals surface area contributed by atoms with E-state index in [1.165, 1.54) is 11.1 Å². The highest BCUT2D eigenvalue weighted by Crippen LogP contribution is 2.30. The molecule has 0 aliphatic carbocycles. The number of rotatable bonds is 3. The molecule has 2 rings (SSSR count). The van der Waals surface area contributed by atoms with Crippen molar-refractivity contribution in [2.45, 2.75) is 13.8 Å². The van der Waals surface area contributed by atoms with Crippen molar-refractivity contribution in [2.24, 2.45) is 0 Å². The van der Waals surface area contributed by atoms with E-state index >= 15 is 0 Å². The van der Waals surface area contributed by atoms with E-state index in [0.29, 0.717) is 5.56 Å². The number of methoxy groups -OCH3 is 1. The predicted molar refractivity (Wildman–Crippen MR) is 73.3 cm³/mol. The first-order chi connectivity index (χ1) is 8.67. The quantitative estimate of drug-likeness (QED) is 0.763. The third-order valence-electron chi connectivity index (χ3n) is 3.32. The van der Waals surface area contributed by atoms with E-state index in [-0.39, 0.29) is 0 Å². The summed E-state index contributed by atoms with van der Waals surface area (Å²) < 4.78 is 5.31. The zero-order valence-electron chi connectivity index (χ0n) is 10.9. The highest BCUT2D eigenvalue weighted by atomic mass is 16.5. The molecular formula is C16H16O2. The Morgan fingerprint density at radius 2 is 1.61 bits per heavy atom. The molecular weight excluding hydrogens is 224 g/mol.